The first-order chi connectivity index (χ1) is 10.1. The van der Waals surface area contributed by atoms with E-state index in [0.29, 0.717) is 0 Å². The Kier molecular flexibility index (Phi) is 5.62. The molecule has 0 aromatic heterocycles. The Morgan fingerprint density at radius 3 is 1.48 bits per heavy atom. The Hall–Kier alpha value is -0.650. The minimum absolute atomic E-state index is 0.655. The Labute approximate surface area is 134 Å². The third-order valence-corrected chi connectivity index (χ3v) is 12.6. The van der Waals surface area contributed by atoms with E-state index in [1.165, 1.54) is 6.07 Å². The van der Waals surface area contributed by atoms with Crippen LogP contribution in [0.5, 0.6) is 0 Å². The summed E-state index contributed by atoms with van der Waals surface area (Å²) in [7, 11) is -14.0. The maximum atomic E-state index is 12.5. The summed E-state index contributed by atoms with van der Waals surface area (Å²) in [4.78, 5) is 0. The second-order valence-electron chi connectivity index (χ2n) is 3.59. The SMILES string of the molecule is O=S(=O)(N(I(O)c1ccccc1)S(=O)(=O)C(F)(F)F)C(F)(F)F. The zero-order valence-electron chi connectivity index (χ0n) is 10.4. The molecule has 1 rings (SSSR count). The first kappa shape index (κ1) is 20.4. The second kappa shape index (κ2) is 6.34. The van der Waals surface area contributed by atoms with E-state index in [1.807, 2.05) is 0 Å². The summed E-state index contributed by atoms with van der Waals surface area (Å²) < 4.78 is 127. The van der Waals surface area contributed by atoms with Crippen LogP contribution < -0.4 is 0 Å². The summed E-state index contributed by atoms with van der Waals surface area (Å²) in [6.45, 7) is 0. The summed E-state index contributed by atoms with van der Waals surface area (Å²) >= 11 is -5.12. The fraction of sp³-hybridized carbons (Fsp3) is 0.250. The number of hydrogen-bond donors (Lipinski definition) is 1. The molecule has 0 radical (unpaired) electrons. The van der Waals surface area contributed by atoms with Gasteiger partial charge in [-0.2, -0.15) is 0 Å². The van der Waals surface area contributed by atoms with Crippen LogP contribution in [0.4, 0.5) is 26.3 Å². The van der Waals surface area contributed by atoms with Crippen LogP contribution in [0.1, 0.15) is 0 Å². The number of halogens is 7. The monoisotopic (exact) mass is 501 g/mol. The normalized spacial score (nSPS) is 14.9. The van der Waals surface area contributed by atoms with E-state index in [2.05, 4.69) is 0 Å². The summed E-state index contributed by atoms with van der Waals surface area (Å²) in [6.07, 6.45) is 0. The van der Waals surface area contributed by atoms with Crippen LogP contribution in [0.15, 0.2) is 30.3 Å². The molecule has 0 aliphatic carbocycles. The quantitative estimate of drug-likeness (QED) is 0.388. The molecule has 0 aliphatic heterocycles. The van der Waals surface area contributed by atoms with Crippen molar-refractivity contribution < 1.29 is 46.6 Å². The molecule has 6 nitrogen and oxygen atoms in total. The van der Waals surface area contributed by atoms with Crippen LogP contribution >= 0.6 is 20.5 Å². The van der Waals surface area contributed by atoms with Crippen molar-refractivity contribution in [1.82, 2.24) is 1.92 Å². The molecule has 0 atom stereocenters. The molecule has 134 valence electrons. The van der Waals surface area contributed by atoms with Gasteiger partial charge in [-0.25, -0.2) is 0 Å². The van der Waals surface area contributed by atoms with Gasteiger partial charge in [0.25, 0.3) is 0 Å². The molecule has 0 saturated carbocycles. The molecule has 0 spiro atoms. The summed E-state index contributed by atoms with van der Waals surface area (Å²) in [5.41, 5.74) is -12.7. The van der Waals surface area contributed by atoms with Crippen molar-refractivity contribution >= 4 is 40.6 Å². The van der Waals surface area contributed by atoms with Gasteiger partial charge in [0, 0.05) is 0 Å². The van der Waals surface area contributed by atoms with Crippen LogP contribution in [0, 0.1) is 3.57 Å². The summed E-state index contributed by atoms with van der Waals surface area (Å²) in [6, 6.07) is 5.06. The van der Waals surface area contributed by atoms with Gasteiger partial charge in [-0.15, -0.1) is 0 Å². The van der Waals surface area contributed by atoms with E-state index in [4.69, 9.17) is 0 Å². The molecule has 0 fully saturated rings. The first-order valence-corrected chi connectivity index (χ1v) is 10.9. The predicted octanol–water partition coefficient (Wildman–Crippen LogP) is 2.19. The number of sulfonamides is 2. The third kappa shape index (κ3) is 3.89. The van der Waals surface area contributed by atoms with Gasteiger partial charge in [-0.05, 0) is 0 Å². The van der Waals surface area contributed by atoms with E-state index in [0.717, 1.165) is 24.3 Å². The average Bonchev–Trinajstić information content (AvgIpc) is 2.36. The van der Waals surface area contributed by atoms with Crippen molar-refractivity contribution in [3.05, 3.63) is 33.9 Å². The van der Waals surface area contributed by atoms with Gasteiger partial charge in [-0.1, -0.05) is 0 Å². The van der Waals surface area contributed by atoms with E-state index in [9.17, 15) is 46.6 Å². The van der Waals surface area contributed by atoms with Crippen LogP contribution in [0.2, 0.25) is 0 Å². The number of nitrogens with zero attached hydrogens (tertiary/aromatic N) is 1. The zero-order valence-corrected chi connectivity index (χ0v) is 14.2. The molecule has 23 heavy (non-hydrogen) atoms. The fourth-order valence-electron chi connectivity index (χ4n) is 1.07. The van der Waals surface area contributed by atoms with Crippen molar-refractivity contribution in [2.24, 2.45) is 0 Å². The molecule has 1 aromatic rings. The van der Waals surface area contributed by atoms with Gasteiger partial charge in [0.15, 0.2) is 0 Å². The first-order valence-electron chi connectivity index (χ1n) is 5.01. The number of benzene rings is 1. The standard InChI is InChI=1S/C8H6F6INO5S2/c9-7(10,11)22(18,19)16(23(20,21)8(12,13)14)15(17)6-4-2-1-3-5-6/h1-5,17H. The second-order valence-corrected chi connectivity index (χ2v) is 12.3. The Morgan fingerprint density at radius 1 is 0.826 bits per heavy atom. The topological polar surface area (TPSA) is 91.8 Å². The zero-order chi connectivity index (χ0) is 18.3. The van der Waals surface area contributed by atoms with Crippen molar-refractivity contribution in [3.63, 3.8) is 0 Å². The van der Waals surface area contributed by atoms with Crippen molar-refractivity contribution in [3.8, 4) is 0 Å². The Bertz CT molecular complexity index is 716. The van der Waals surface area contributed by atoms with Crippen molar-refractivity contribution in [2.45, 2.75) is 11.0 Å². The van der Waals surface area contributed by atoms with Crippen molar-refractivity contribution in [1.29, 1.82) is 0 Å². The fourth-order valence-corrected chi connectivity index (χ4v) is 10.2. The summed E-state index contributed by atoms with van der Waals surface area (Å²) in [5.74, 6) is 0. The van der Waals surface area contributed by atoms with Gasteiger partial charge >= 0.3 is 134 Å². The number of hydrogen-bond acceptors (Lipinski definition) is 5. The third-order valence-electron chi connectivity index (χ3n) is 2.02. The molecule has 0 heterocycles. The Balaban J connectivity index is 3.66. The van der Waals surface area contributed by atoms with Crippen LogP contribution in [-0.2, 0) is 20.0 Å². The molecule has 15 heteroatoms. The molecule has 0 amide bonds. The molecule has 0 aliphatic rings. The Morgan fingerprint density at radius 2 is 1.17 bits per heavy atom. The van der Waals surface area contributed by atoms with E-state index >= 15 is 0 Å². The van der Waals surface area contributed by atoms with Gasteiger partial charge in [0.2, 0.25) is 0 Å². The molecule has 0 unspecified atom stereocenters. The van der Waals surface area contributed by atoms with Crippen LogP contribution in [-0.4, -0.2) is 33.2 Å². The predicted molar refractivity (Wildman–Crippen MR) is 73.2 cm³/mol. The molecule has 1 aromatic carbocycles. The van der Waals surface area contributed by atoms with Gasteiger partial charge in [0.05, 0.1) is 0 Å². The number of alkyl halides is 6. The van der Waals surface area contributed by atoms with E-state index in [-0.39, 0.29) is 0 Å². The maximum absolute atomic E-state index is 12.5. The molecule has 0 saturated heterocycles. The molecular weight excluding hydrogens is 495 g/mol. The summed E-state index contributed by atoms with van der Waals surface area (Å²) in [5, 5.41) is 0. The van der Waals surface area contributed by atoms with Crippen LogP contribution in [0.25, 0.3) is 0 Å². The van der Waals surface area contributed by atoms with Gasteiger partial charge in [0.1, 0.15) is 0 Å². The molecule has 1 N–H and O–H groups in total. The van der Waals surface area contributed by atoms with E-state index < -0.39 is 57.1 Å². The molecule has 0 bridgehead atoms. The van der Waals surface area contributed by atoms with Crippen molar-refractivity contribution in [2.75, 3.05) is 0 Å². The molecular formula is C8H6F6INO5S2. The average molecular weight is 501 g/mol. The number of rotatable bonds is 4. The van der Waals surface area contributed by atoms with Gasteiger partial charge < -0.3 is 0 Å². The van der Waals surface area contributed by atoms with Crippen LogP contribution in [0.3, 0.4) is 0 Å². The van der Waals surface area contributed by atoms with Gasteiger partial charge in [-0.3, -0.25) is 0 Å². The van der Waals surface area contributed by atoms with E-state index in [1.54, 1.807) is 0 Å². The minimum atomic E-state index is -6.98.